The summed E-state index contributed by atoms with van der Waals surface area (Å²) in [4.78, 5) is 25.5. The molecule has 7 rings (SSSR count). The third-order valence-electron chi connectivity index (χ3n) is 8.50. The maximum absolute atomic E-state index is 14.9. The van der Waals surface area contributed by atoms with Crippen LogP contribution in [0.15, 0.2) is 79.5 Å². The number of piperidine rings is 1. The summed E-state index contributed by atoms with van der Waals surface area (Å²) in [5.41, 5.74) is 5.50. The van der Waals surface area contributed by atoms with Crippen molar-refractivity contribution in [2.45, 2.75) is 26.1 Å². The second-order valence-electron chi connectivity index (χ2n) is 11.0. The lowest BCUT2D eigenvalue weighted by Gasteiger charge is -2.54. The zero-order chi connectivity index (χ0) is 27.3. The molecule has 2 saturated heterocycles. The minimum absolute atomic E-state index is 0.0404. The molecular weight excluding hydrogens is 505 g/mol. The molecule has 5 heterocycles. The van der Waals surface area contributed by atoms with E-state index in [0.717, 1.165) is 68.1 Å². The number of amides is 1. The maximum Gasteiger partial charge on any atom is 0.245 e. The highest BCUT2D eigenvalue weighted by atomic mass is 19.1. The molecule has 0 unspecified atom stereocenters. The Balaban J connectivity index is 1.12. The van der Waals surface area contributed by atoms with E-state index in [9.17, 15) is 9.18 Å². The van der Waals surface area contributed by atoms with Crippen LogP contribution >= 0.6 is 0 Å². The third-order valence-corrected chi connectivity index (χ3v) is 8.50. The number of carbonyl (C=O) groups is 1. The van der Waals surface area contributed by atoms with E-state index in [1.165, 1.54) is 23.9 Å². The van der Waals surface area contributed by atoms with Crippen molar-refractivity contribution in [3.8, 4) is 39.8 Å². The van der Waals surface area contributed by atoms with Gasteiger partial charge in [-0.2, -0.15) is 0 Å². The van der Waals surface area contributed by atoms with Gasteiger partial charge in [0.2, 0.25) is 11.8 Å². The Morgan fingerprint density at radius 2 is 1.77 bits per heavy atom. The van der Waals surface area contributed by atoms with E-state index in [1.54, 1.807) is 0 Å². The first kappa shape index (κ1) is 24.7. The quantitative estimate of drug-likeness (QED) is 0.321. The normalized spacial score (nSPS) is 17.5. The second kappa shape index (κ2) is 9.71. The fourth-order valence-corrected chi connectivity index (χ4v) is 6.40. The molecule has 40 heavy (non-hydrogen) atoms. The standard InChI is InChI=1S/C32H30FN5O2/c1-2-26(39)37-16-13-32(14-17-37)19-36(20-32)18-22-8-10-23(11-9-22)28-29(24-6-4-3-5-7-24)38-21-40-31-27(30(38)35-28)25(33)12-15-34-31/h2-12,15H,1,13-14,16-21H2. The van der Waals surface area contributed by atoms with E-state index >= 15 is 0 Å². The summed E-state index contributed by atoms with van der Waals surface area (Å²) >= 11 is 0. The van der Waals surface area contributed by atoms with E-state index in [4.69, 9.17) is 9.72 Å². The highest BCUT2D eigenvalue weighted by Gasteiger charge is 2.45. The Labute approximate surface area is 232 Å². The topological polar surface area (TPSA) is 63.5 Å². The summed E-state index contributed by atoms with van der Waals surface area (Å²) in [6.45, 7) is 8.49. The number of likely N-dealkylation sites (tertiary alicyclic amines) is 2. The highest BCUT2D eigenvalue weighted by Crippen LogP contribution is 2.43. The molecule has 0 bridgehead atoms. The molecule has 3 aliphatic heterocycles. The molecule has 8 heteroatoms. The van der Waals surface area contributed by atoms with Gasteiger partial charge >= 0.3 is 0 Å². The van der Waals surface area contributed by atoms with Crippen LogP contribution in [-0.2, 0) is 18.1 Å². The molecule has 1 amide bonds. The molecule has 1 spiro atoms. The number of hydrogen-bond donors (Lipinski definition) is 0. The average Bonchev–Trinajstić information content (AvgIpc) is 3.37. The van der Waals surface area contributed by atoms with Crippen molar-refractivity contribution in [2.75, 3.05) is 26.2 Å². The van der Waals surface area contributed by atoms with Gasteiger partial charge in [0.25, 0.3) is 0 Å². The number of hydrogen-bond acceptors (Lipinski definition) is 5. The van der Waals surface area contributed by atoms with Crippen molar-refractivity contribution in [3.05, 3.63) is 90.9 Å². The molecule has 0 atom stereocenters. The first-order valence-corrected chi connectivity index (χ1v) is 13.7. The first-order chi connectivity index (χ1) is 19.5. The zero-order valence-electron chi connectivity index (χ0n) is 22.2. The number of rotatable bonds is 5. The van der Waals surface area contributed by atoms with Crippen LogP contribution in [0.5, 0.6) is 5.88 Å². The van der Waals surface area contributed by atoms with Crippen LogP contribution < -0.4 is 4.74 Å². The van der Waals surface area contributed by atoms with Crippen LogP contribution in [0, 0.1) is 11.2 Å². The molecule has 7 nitrogen and oxygen atoms in total. The van der Waals surface area contributed by atoms with Crippen molar-refractivity contribution >= 4 is 5.91 Å². The summed E-state index contributed by atoms with van der Waals surface area (Å²) in [5.74, 6) is 0.433. The molecule has 0 N–H and O–H groups in total. The van der Waals surface area contributed by atoms with Crippen molar-refractivity contribution < 1.29 is 13.9 Å². The molecule has 202 valence electrons. The Hall–Kier alpha value is -4.30. The minimum Gasteiger partial charge on any atom is -0.455 e. The summed E-state index contributed by atoms with van der Waals surface area (Å²) in [6.07, 6.45) is 4.94. The van der Waals surface area contributed by atoms with Gasteiger partial charge in [0.15, 0.2) is 12.6 Å². The van der Waals surface area contributed by atoms with Gasteiger partial charge in [-0.15, -0.1) is 0 Å². The fourth-order valence-electron chi connectivity index (χ4n) is 6.40. The predicted octanol–water partition coefficient (Wildman–Crippen LogP) is 5.38. The largest absolute Gasteiger partial charge is 0.455 e. The van der Waals surface area contributed by atoms with Crippen LogP contribution in [-0.4, -0.2) is 56.4 Å². The maximum atomic E-state index is 14.9. The van der Waals surface area contributed by atoms with Gasteiger partial charge in [-0.1, -0.05) is 61.2 Å². The van der Waals surface area contributed by atoms with Crippen LogP contribution in [0.4, 0.5) is 4.39 Å². The van der Waals surface area contributed by atoms with E-state index < -0.39 is 5.82 Å². The first-order valence-electron chi connectivity index (χ1n) is 13.7. The van der Waals surface area contributed by atoms with Crippen LogP contribution in [0.25, 0.3) is 33.9 Å². The lowest BCUT2D eigenvalue weighted by Crippen LogP contribution is -2.60. The van der Waals surface area contributed by atoms with Crippen molar-refractivity contribution in [2.24, 2.45) is 5.41 Å². The Kier molecular flexibility index (Phi) is 6.00. The van der Waals surface area contributed by atoms with Gasteiger partial charge in [-0.3, -0.25) is 14.3 Å². The summed E-state index contributed by atoms with van der Waals surface area (Å²) in [5, 5.41) is 0. The summed E-state index contributed by atoms with van der Waals surface area (Å²) in [6, 6.07) is 19.9. The van der Waals surface area contributed by atoms with E-state index in [-0.39, 0.29) is 18.5 Å². The molecule has 3 aliphatic rings. The zero-order valence-corrected chi connectivity index (χ0v) is 22.2. The predicted molar refractivity (Wildman–Crippen MR) is 151 cm³/mol. The number of halogens is 1. The van der Waals surface area contributed by atoms with Gasteiger partial charge in [0, 0.05) is 50.0 Å². The number of carbonyl (C=O) groups excluding carboxylic acids is 1. The van der Waals surface area contributed by atoms with E-state index in [0.29, 0.717) is 16.8 Å². The van der Waals surface area contributed by atoms with Gasteiger partial charge in [0.05, 0.1) is 11.4 Å². The summed E-state index contributed by atoms with van der Waals surface area (Å²) in [7, 11) is 0. The lowest BCUT2D eigenvalue weighted by molar-refractivity contribution is -0.131. The highest BCUT2D eigenvalue weighted by molar-refractivity contribution is 5.87. The SMILES string of the molecule is C=CC(=O)N1CCC2(CC1)CN(Cc1ccc(-c3nc4n(c3-c3ccccc3)COc3nccc(F)c3-4)cc1)C2. The molecule has 2 fully saturated rings. The number of fused-ring (bicyclic) bond motifs is 3. The number of pyridine rings is 1. The summed E-state index contributed by atoms with van der Waals surface area (Å²) < 4.78 is 22.7. The molecule has 4 aromatic rings. The third kappa shape index (κ3) is 4.19. The molecule has 0 aliphatic carbocycles. The molecular formula is C32H30FN5O2. The van der Waals surface area contributed by atoms with E-state index in [2.05, 4.69) is 40.7 Å². The molecule has 2 aromatic carbocycles. The van der Waals surface area contributed by atoms with Crippen LogP contribution in [0.3, 0.4) is 0 Å². The van der Waals surface area contributed by atoms with Gasteiger partial charge < -0.3 is 9.64 Å². The lowest BCUT2D eigenvalue weighted by atomic mass is 9.72. The monoisotopic (exact) mass is 535 g/mol. The van der Waals surface area contributed by atoms with Gasteiger partial charge in [-0.25, -0.2) is 14.4 Å². The Morgan fingerprint density at radius 1 is 1.02 bits per heavy atom. The van der Waals surface area contributed by atoms with Crippen molar-refractivity contribution in [3.63, 3.8) is 0 Å². The number of nitrogens with zero attached hydrogens (tertiary/aromatic N) is 5. The average molecular weight is 536 g/mol. The minimum atomic E-state index is -0.400. The van der Waals surface area contributed by atoms with Crippen molar-refractivity contribution in [1.82, 2.24) is 24.3 Å². The van der Waals surface area contributed by atoms with E-state index in [1.807, 2.05) is 39.8 Å². The number of benzene rings is 2. The Morgan fingerprint density at radius 3 is 2.50 bits per heavy atom. The second-order valence-corrected chi connectivity index (χ2v) is 11.0. The Bertz CT molecular complexity index is 1580. The number of ether oxygens (including phenoxy) is 1. The van der Waals surface area contributed by atoms with Crippen LogP contribution in [0.2, 0.25) is 0 Å². The number of aromatic nitrogens is 3. The smallest absolute Gasteiger partial charge is 0.245 e. The molecule has 0 radical (unpaired) electrons. The van der Waals surface area contributed by atoms with Crippen LogP contribution in [0.1, 0.15) is 18.4 Å². The molecule has 0 saturated carbocycles. The number of imidazole rings is 1. The van der Waals surface area contributed by atoms with Gasteiger partial charge in [0.1, 0.15) is 11.4 Å². The molecule has 2 aromatic heterocycles. The van der Waals surface area contributed by atoms with Crippen molar-refractivity contribution in [1.29, 1.82) is 0 Å². The fraction of sp³-hybridized carbons (Fsp3) is 0.281. The van der Waals surface area contributed by atoms with Gasteiger partial charge in [-0.05, 0) is 36.0 Å².